The lowest BCUT2D eigenvalue weighted by Gasteiger charge is -1.90. The molecule has 4 heteroatoms. The van der Waals surface area contributed by atoms with Gasteiger partial charge < -0.3 is 14.5 Å². The van der Waals surface area contributed by atoms with Crippen LogP contribution in [0.25, 0.3) is 0 Å². The third-order valence-corrected chi connectivity index (χ3v) is 1.26. The van der Waals surface area contributed by atoms with E-state index in [1.807, 2.05) is 6.07 Å². The molecule has 3 N–H and O–H groups in total. The molecule has 52 valence electrons. The van der Waals surface area contributed by atoms with Gasteiger partial charge in [-0.3, -0.25) is 5.10 Å². The van der Waals surface area contributed by atoms with Crippen LogP contribution < -0.4 is 0 Å². The van der Waals surface area contributed by atoms with Crippen molar-refractivity contribution in [3.63, 3.8) is 0 Å². The van der Waals surface area contributed by atoms with E-state index in [0.717, 1.165) is 5.35 Å². The number of H-pyrrole nitrogens is 3. The molecular weight excluding hydrogens is 130 g/mol. The van der Waals surface area contributed by atoms with Crippen molar-refractivity contribution in [2.24, 2.45) is 0 Å². The van der Waals surface area contributed by atoms with Crippen molar-refractivity contribution in [1.82, 2.24) is 15.2 Å². The minimum atomic E-state index is 0.699. The highest BCUT2D eigenvalue weighted by atomic mass is 16.3. The van der Waals surface area contributed by atoms with Gasteiger partial charge >= 0.3 is 0 Å². The summed E-state index contributed by atoms with van der Waals surface area (Å²) in [6, 6.07) is 1.88. The van der Waals surface area contributed by atoms with Crippen molar-refractivity contribution in [3.8, 4) is 0 Å². The van der Waals surface area contributed by atoms with Gasteiger partial charge in [-0.2, -0.15) is 0 Å². The van der Waals surface area contributed by atoms with Crippen molar-refractivity contribution >= 4 is 0 Å². The first-order valence-electron chi connectivity index (χ1n) is 2.97. The molecule has 0 fully saturated rings. The van der Waals surface area contributed by atoms with E-state index in [1.165, 1.54) is 0 Å². The van der Waals surface area contributed by atoms with Gasteiger partial charge in [-0.1, -0.05) is 0 Å². The molecule has 0 amide bonds. The molecule has 0 saturated heterocycles. The van der Waals surface area contributed by atoms with E-state index >= 15 is 0 Å². The van der Waals surface area contributed by atoms with Gasteiger partial charge in [0.1, 0.15) is 11.6 Å². The van der Waals surface area contributed by atoms with Crippen molar-refractivity contribution in [1.29, 1.82) is 0 Å². The van der Waals surface area contributed by atoms with Gasteiger partial charge in [0.2, 0.25) is 5.55 Å². The molecule has 0 unspecified atom stereocenters. The largest absolute Gasteiger partial charge is 0.444 e. The van der Waals surface area contributed by atoms with Gasteiger partial charge in [0.25, 0.3) is 0 Å². The van der Waals surface area contributed by atoms with Crippen molar-refractivity contribution in [2.45, 2.75) is 0 Å². The third kappa shape index (κ3) is 0.699. The highest BCUT2D eigenvalue weighted by molar-refractivity contribution is 4.85. The summed E-state index contributed by atoms with van der Waals surface area (Å²) in [4.78, 5) is 3.01. The maximum absolute atomic E-state index is 5.09. The average molecular weight is 137 g/mol. The molecule has 0 atom stereocenters. The molecule has 0 spiro atoms. The van der Waals surface area contributed by atoms with Gasteiger partial charge in [-0.05, 0) is 6.07 Å². The second-order valence-corrected chi connectivity index (χ2v) is 1.91. The second kappa shape index (κ2) is 1.98. The average Bonchev–Trinajstić information content (AvgIpc) is 2.05. The first-order chi connectivity index (χ1) is 4.97. The number of hydrogen-bond donors (Lipinski definition) is 3. The number of nitrogens with one attached hydrogen (secondary N) is 3. The molecule has 4 nitrogen and oxygen atoms in total. The molecule has 2 aliphatic heterocycles. The van der Waals surface area contributed by atoms with Crippen molar-refractivity contribution in [2.75, 3.05) is 0 Å². The highest BCUT2D eigenvalue weighted by Gasteiger charge is 1.82. The Bertz CT molecular complexity index is 317. The van der Waals surface area contributed by atoms with E-state index in [4.69, 9.17) is 4.42 Å². The summed E-state index contributed by atoms with van der Waals surface area (Å²) < 4.78 is 5.09. The SMILES string of the molecule is c1cc2[nH]ccoc=2[nH][nH]1. The number of hydrogen-bond acceptors (Lipinski definition) is 1. The normalized spacial score (nSPS) is 10.0. The van der Waals surface area contributed by atoms with Gasteiger partial charge in [0.15, 0.2) is 0 Å². The maximum Gasteiger partial charge on any atom is 0.235 e. The molecule has 0 bridgehead atoms. The Kier molecular flexibility index (Phi) is 1.04. The van der Waals surface area contributed by atoms with Crippen LogP contribution in [0.5, 0.6) is 0 Å². The molecule has 0 radical (unpaired) electrons. The van der Waals surface area contributed by atoms with Crippen LogP contribution in [-0.2, 0) is 0 Å². The zero-order chi connectivity index (χ0) is 6.81. The number of aromatic nitrogens is 3. The van der Waals surface area contributed by atoms with Crippen LogP contribution in [0.3, 0.4) is 0 Å². The van der Waals surface area contributed by atoms with Crippen LogP contribution in [0.1, 0.15) is 0 Å². The topological polar surface area (TPSA) is 60.5 Å². The molecule has 0 aromatic carbocycles. The summed E-state index contributed by atoms with van der Waals surface area (Å²) in [7, 11) is 0. The summed E-state index contributed by atoms with van der Waals surface area (Å²) in [5, 5.41) is 6.56. The minimum absolute atomic E-state index is 0.699. The number of rotatable bonds is 0. The summed E-state index contributed by atoms with van der Waals surface area (Å²) in [6.45, 7) is 0. The van der Waals surface area contributed by atoms with Gasteiger partial charge in [0, 0.05) is 12.4 Å². The van der Waals surface area contributed by atoms with E-state index in [9.17, 15) is 0 Å². The zero-order valence-corrected chi connectivity index (χ0v) is 5.22. The van der Waals surface area contributed by atoms with Crippen LogP contribution in [0.4, 0.5) is 0 Å². The van der Waals surface area contributed by atoms with Gasteiger partial charge in [0.05, 0.1) is 0 Å². The lowest BCUT2D eigenvalue weighted by atomic mass is 10.5. The standard InChI is InChI=1S/C6H7N3O/c1-2-8-9-6-5(1)7-3-4-10-6/h1-4,7-9H. The maximum atomic E-state index is 5.09. The van der Waals surface area contributed by atoms with E-state index < -0.39 is 0 Å². The molecular formula is C6H7N3O. The van der Waals surface area contributed by atoms with Crippen LogP contribution in [0.15, 0.2) is 29.1 Å². The molecule has 0 saturated carbocycles. The predicted molar refractivity (Wildman–Crippen MR) is 34.7 cm³/mol. The van der Waals surface area contributed by atoms with Crippen LogP contribution in [-0.4, -0.2) is 15.2 Å². The van der Waals surface area contributed by atoms with Gasteiger partial charge in [-0.25, -0.2) is 0 Å². The first kappa shape index (κ1) is 5.22. The van der Waals surface area contributed by atoms with Crippen LogP contribution in [0.2, 0.25) is 0 Å². The summed E-state index contributed by atoms with van der Waals surface area (Å²) in [6.07, 6.45) is 5.09. The molecule has 10 heavy (non-hydrogen) atoms. The third-order valence-electron chi connectivity index (χ3n) is 1.26. The van der Waals surface area contributed by atoms with Crippen molar-refractivity contribution < 1.29 is 4.42 Å². The lowest BCUT2D eigenvalue weighted by molar-refractivity contribution is 0.476. The summed E-state index contributed by atoms with van der Waals surface area (Å²) in [5.41, 5.74) is 0.699. The Balaban J connectivity index is 3.04. The van der Waals surface area contributed by atoms with E-state index in [-0.39, 0.29) is 0 Å². The van der Waals surface area contributed by atoms with Gasteiger partial charge in [-0.15, -0.1) is 0 Å². The molecule has 2 aliphatic rings. The number of aromatic amines is 3. The van der Waals surface area contributed by atoms with E-state index in [0.29, 0.717) is 5.55 Å². The quantitative estimate of drug-likeness (QED) is 0.500. The smallest absolute Gasteiger partial charge is 0.235 e. The van der Waals surface area contributed by atoms with Crippen LogP contribution in [0, 0.1) is 10.9 Å². The Hall–Kier alpha value is -1.58. The highest BCUT2D eigenvalue weighted by Crippen LogP contribution is 1.87. The van der Waals surface area contributed by atoms with E-state index in [2.05, 4.69) is 15.2 Å². The lowest BCUT2D eigenvalue weighted by Crippen LogP contribution is -1.86. The summed E-state index contributed by atoms with van der Waals surface area (Å²) in [5.74, 6) is 0. The molecule has 2 heterocycles. The van der Waals surface area contributed by atoms with Crippen LogP contribution >= 0.6 is 0 Å². The summed E-state index contributed by atoms with van der Waals surface area (Å²) >= 11 is 0. The van der Waals surface area contributed by atoms with Crippen molar-refractivity contribution in [3.05, 3.63) is 35.6 Å². The Morgan fingerprint density at radius 2 is 2.30 bits per heavy atom. The Labute approximate surface area is 56.2 Å². The fraction of sp³-hybridized carbons (Fsp3) is 0. The zero-order valence-electron chi connectivity index (χ0n) is 5.22. The molecule has 0 aromatic heterocycles. The Morgan fingerprint density at radius 3 is 3.20 bits per heavy atom. The Morgan fingerprint density at radius 1 is 1.30 bits per heavy atom. The fourth-order valence-corrected chi connectivity index (χ4v) is 0.808. The first-order valence-corrected chi connectivity index (χ1v) is 2.97. The molecule has 0 aromatic rings. The minimum Gasteiger partial charge on any atom is -0.444 e. The molecule has 0 aliphatic carbocycles. The fourth-order valence-electron chi connectivity index (χ4n) is 0.808. The monoisotopic (exact) mass is 137 g/mol. The second-order valence-electron chi connectivity index (χ2n) is 1.91. The predicted octanol–water partition coefficient (Wildman–Crippen LogP) is 1.11. The molecule has 2 rings (SSSR count). The van der Waals surface area contributed by atoms with E-state index in [1.54, 1.807) is 18.7 Å².